The van der Waals surface area contributed by atoms with E-state index in [1.165, 1.54) is 0 Å². The molecule has 18 heavy (non-hydrogen) atoms. The molecule has 0 spiro atoms. The third-order valence-electron chi connectivity index (χ3n) is 1.89. The SMILES string of the molecule is N#CC[Se]C(=O)c1ccc(C(=O)[Se]CC#N)cc1. The molecule has 0 N–H and O–H groups in total. The first-order chi connectivity index (χ1) is 8.69. The second-order valence-electron chi connectivity index (χ2n) is 3.05. The molecule has 0 unspecified atom stereocenters. The van der Waals surface area contributed by atoms with Gasteiger partial charge in [0.1, 0.15) is 0 Å². The molecule has 0 aromatic heterocycles. The molecule has 0 aliphatic rings. The minimum absolute atomic E-state index is 0.0365. The zero-order valence-electron chi connectivity index (χ0n) is 9.25. The monoisotopic (exact) mass is 372 g/mol. The van der Waals surface area contributed by atoms with Crippen molar-refractivity contribution in [2.45, 2.75) is 10.6 Å². The van der Waals surface area contributed by atoms with Gasteiger partial charge in [-0.1, -0.05) is 0 Å². The second kappa shape index (κ2) is 7.82. The van der Waals surface area contributed by atoms with E-state index in [1.54, 1.807) is 24.3 Å². The first-order valence-corrected chi connectivity index (χ1v) is 9.01. The third-order valence-corrected chi connectivity index (χ3v) is 5.13. The van der Waals surface area contributed by atoms with Crippen LogP contribution in [0.5, 0.6) is 0 Å². The van der Waals surface area contributed by atoms with Crippen LogP contribution in [0.25, 0.3) is 0 Å². The van der Waals surface area contributed by atoms with Crippen LogP contribution in [0.4, 0.5) is 0 Å². The molecule has 1 rings (SSSR count). The van der Waals surface area contributed by atoms with Crippen LogP contribution in [0.2, 0.25) is 10.6 Å². The fourth-order valence-corrected chi connectivity index (χ4v) is 3.20. The summed E-state index contributed by atoms with van der Waals surface area (Å²) in [6.07, 6.45) is 0. The maximum atomic E-state index is 11.6. The van der Waals surface area contributed by atoms with Gasteiger partial charge in [0.05, 0.1) is 0 Å². The third kappa shape index (κ3) is 4.45. The summed E-state index contributed by atoms with van der Waals surface area (Å²) in [5.74, 6) is 0. The van der Waals surface area contributed by atoms with Crippen molar-refractivity contribution >= 4 is 39.3 Å². The molecule has 0 aliphatic carbocycles. The van der Waals surface area contributed by atoms with Crippen LogP contribution in [0.3, 0.4) is 0 Å². The van der Waals surface area contributed by atoms with Gasteiger partial charge in [0.15, 0.2) is 0 Å². The molecule has 1 aromatic rings. The molecule has 0 amide bonds. The number of hydrogen-bond donors (Lipinski definition) is 0. The Hall–Kier alpha value is -1.42. The standard InChI is InChI=1S/C12H8N2O2Se2/c13-5-7-17-11(15)9-1-2-10(4-3-9)12(16)18-8-6-14/h1-4H,7-8H2. The average Bonchev–Trinajstić information content (AvgIpc) is 2.42. The normalized spacial score (nSPS) is 9.22. The molecule has 0 fully saturated rings. The molecule has 0 heterocycles. The Kier molecular flexibility index (Phi) is 6.36. The molecule has 4 nitrogen and oxygen atoms in total. The first kappa shape index (κ1) is 14.6. The zero-order chi connectivity index (χ0) is 13.4. The number of nitrogens with zero attached hydrogens (tertiary/aromatic N) is 2. The summed E-state index contributed by atoms with van der Waals surface area (Å²) in [4.78, 5) is 23.2. The van der Waals surface area contributed by atoms with Crippen LogP contribution in [0.1, 0.15) is 20.7 Å². The van der Waals surface area contributed by atoms with Gasteiger partial charge in [0.25, 0.3) is 0 Å². The molecule has 0 atom stereocenters. The average molecular weight is 370 g/mol. The van der Waals surface area contributed by atoms with Gasteiger partial charge in [-0.25, -0.2) is 0 Å². The van der Waals surface area contributed by atoms with E-state index < -0.39 is 0 Å². The zero-order valence-corrected chi connectivity index (χ0v) is 12.7. The predicted molar refractivity (Wildman–Crippen MR) is 67.5 cm³/mol. The van der Waals surface area contributed by atoms with E-state index in [0.29, 0.717) is 11.1 Å². The molecule has 0 radical (unpaired) electrons. The molecule has 0 bridgehead atoms. The van der Waals surface area contributed by atoms with E-state index in [4.69, 9.17) is 10.5 Å². The van der Waals surface area contributed by atoms with Gasteiger partial charge in [0.2, 0.25) is 0 Å². The Morgan fingerprint density at radius 2 is 1.22 bits per heavy atom. The van der Waals surface area contributed by atoms with Crippen LogP contribution in [0, 0.1) is 22.7 Å². The molecular weight excluding hydrogens is 362 g/mol. The molecule has 0 aliphatic heterocycles. The van der Waals surface area contributed by atoms with E-state index in [-0.39, 0.29) is 49.9 Å². The molecule has 90 valence electrons. The molecular formula is C12H8N2O2Se2. The summed E-state index contributed by atoms with van der Waals surface area (Å²) in [7, 11) is 0. The van der Waals surface area contributed by atoms with Crippen molar-refractivity contribution in [3.05, 3.63) is 35.4 Å². The summed E-state index contributed by atoms with van der Waals surface area (Å²) in [5, 5.41) is 17.3. The van der Waals surface area contributed by atoms with Gasteiger partial charge >= 0.3 is 118 Å². The van der Waals surface area contributed by atoms with Crippen molar-refractivity contribution < 1.29 is 9.59 Å². The Bertz CT molecular complexity index is 477. The van der Waals surface area contributed by atoms with Gasteiger partial charge in [0, 0.05) is 0 Å². The number of hydrogen-bond acceptors (Lipinski definition) is 4. The summed E-state index contributed by atoms with van der Waals surface area (Å²) >= 11 is -0.712. The molecule has 1 aromatic carbocycles. The quantitative estimate of drug-likeness (QED) is 0.706. The van der Waals surface area contributed by atoms with Gasteiger partial charge < -0.3 is 0 Å². The van der Waals surface area contributed by atoms with Gasteiger partial charge in [-0.15, -0.1) is 0 Å². The summed E-state index contributed by atoms with van der Waals surface area (Å²) in [6, 6.07) is 10.3. The van der Waals surface area contributed by atoms with E-state index in [2.05, 4.69) is 0 Å². The molecule has 0 saturated carbocycles. The van der Waals surface area contributed by atoms with Gasteiger partial charge in [-0.2, -0.15) is 0 Å². The van der Waals surface area contributed by atoms with Crippen molar-refractivity contribution in [3.8, 4) is 12.1 Å². The fraction of sp³-hybridized carbons (Fsp3) is 0.167. The van der Waals surface area contributed by atoms with E-state index >= 15 is 0 Å². The summed E-state index contributed by atoms with van der Waals surface area (Å²) < 4.78 is -0.0730. The number of benzene rings is 1. The van der Waals surface area contributed by atoms with E-state index in [0.717, 1.165) is 0 Å². The Morgan fingerprint density at radius 3 is 1.50 bits per heavy atom. The van der Waals surface area contributed by atoms with Crippen molar-refractivity contribution in [1.82, 2.24) is 0 Å². The van der Waals surface area contributed by atoms with Crippen molar-refractivity contribution in [1.29, 1.82) is 10.5 Å². The Morgan fingerprint density at radius 1 is 0.889 bits per heavy atom. The van der Waals surface area contributed by atoms with Crippen LogP contribution < -0.4 is 0 Å². The second-order valence-corrected chi connectivity index (χ2v) is 7.02. The van der Waals surface area contributed by atoms with Crippen LogP contribution in [-0.2, 0) is 0 Å². The maximum absolute atomic E-state index is 11.6. The van der Waals surface area contributed by atoms with Crippen molar-refractivity contribution in [2.24, 2.45) is 0 Å². The van der Waals surface area contributed by atoms with Crippen molar-refractivity contribution in [2.75, 3.05) is 0 Å². The number of carbonyl (C=O) groups is 2. The minimum atomic E-state index is -0.356. The van der Waals surface area contributed by atoms with Gasteiger partial charge in [-0.05, 0) is 0 Å². The van der Waals surface area contributed by atoms with Gasteiger partial charge in [-0.3, -0.25) is 0 Å². The van der Waals surface area contributed by atoms with Crippen LogP contribution in [0.15, 0.2) is 24.3 Å². The molecule has 6 heteroatoms. The van der Waals surface area contributed by atoms with Crippen molar-refractivity contribution in [3.63, 3.8) is 0 Å². The Labute approximate surface area is 117 Å². The summed E-state index contributed by atoms with van der Waals surface area (Å²) in [6.45, 7) is 0. The predicted octanol–water partition coefficient (Wildman–Crippen LogP) is 1.26. The van der Waals surface area contributed by atoms with Crippen LogP contribution in [-0.4, -0.2) is 39.3 Å². The summed E-state index contributed by atoms with van der Waals surface area (Å²) in [5.41, 5.74) is 1.07. The first-order valence-electron chi connectivity index (χ1n) is 4.87. The Balaban J connectivity index is 2.69. The number of carbonyl (C=O) groups excluding carboxylic acids is 2. The topological polar surface area (TPSA) is 81.7 Å². The van der Waals surface area contributed by atoms with Crippen LogP contribution >= 0.6 is 0 Å². The van der Waals surface area contributed by atoms with E-state index in [1.807, 2.05) is 12.1 Å². The number of nitriles is 2. The molecule has 0 saturated heterocycles. The fourth-order valence-electron chi connectivity index (χ4n) is 1.10. The van der Waals surface area contributed by atoms with E-state index in [9.17, 15) is 9.59 Å². The number of rotatable bonds is 6.